The number of imidazole rings is 1. The van der Waals surface area contributed by atoms with Gasteiger partial charge in [-0.25, -0.2) is 18.7 Å². The Hall–Kier alpha value is -3.51. The van der Waals surface area contributed by atoms with Gasteiger partial charge >= 0.3 is 0 Å². The summed E-state index contributed by atoms with van der Waals surface area (Å²) in [5, 5.41) is 11.0. The summed E-state index contributed by atoms with van der Waals surface area (Å²) in [5.74, 6) is 1.91. The second-order valence-corrected chi connectivity index (χ2v) is 10.9. The molecule has 12 heteroatoms. The Morgan fingerprint density at radius 1 is 1.10 bits per heavy atom. The lowest BCUT2D eigenvalue weighted by Crippen LogP contribution is -2.17. The minimum absolute atomic E-state index is 0.0400. The van der Waals surface area contributed by atoms with Gasteiger partial charge in [0.05, 0.1) is 5.69 Å². The largest absolute Gasteiger partial charge is 0.377 e. The van der Waals surface area contributed by atoms with E-state index >= 15 is 4.39 Å². The van der Waals surface area contributed by atoms with Crippen molar-refractivity contribution in [3.05, 3.63) is 53.1 Å². The van der Waals surface area contributed by atoms with Crippen LogP contribution in [0.4, 0.5) is 32.1 Å². The van der Waals surface area contributed by atoms with E-state index in [9.17, 15) is 4.39 Å². The summed E-state index contributed by atoms with van der Waals surface area (Å²) in [5.41, 5.74) is 3.39. The molecule has 39 heavy (non-hydrogen) atoms. The highest BCUT2D eigenvalue weighted by Crippen LogP contribution is 2.48. The van der Waals surface area contributed by atoms with Gasteiger partial charge in [0.15, 0.2) is 5.82 Å². The second kappa shape index (κ2) is 10.2. The Kier molecular flexibility index (Phi) is 6.76. The fourth-order valence-corrected chi connectivity index (χ4v) is 5.18. The van der Waals surface area contributed by atoms with Gasteiger partial charge in [-0.3, -0.25) is 5.10 Å². The number of halogens is 2. The molecule has 0 aliphatic heterocycles. The maximum absolute atomic E-state index is 15.1. The summed E-state index contributed by atoms with van der Waals surface area (Å²) in [4.78, 5) is 16.2. The lowest BCUT2D eigenvalue weighted by molar-refractivity contribution is 0.175. The van der Waals surface area contributed by atoms with Crippen LogP contribution in [0, 0.1) is 11.6 Å². The Morgan fingerprint density at radius 3 is 2.56 bits per heavy atom. The van der Waals surface area contributed by atoms with Gasteiger partial charge in [0.25, 0.3) is 0 Å². The highest BCUT2D eigenvalue weighted by molar-refractivity contribution is 7.98. The summed E-state index contributed by atoms with van der Waals surface area (Å²) in [7, 11) is 5.16. The first-order valence-electron chi connectivity index (χ1n) is 12.9. The number of aryl methyl sites for hydroxylation is 1. The predicted octanol–water partition coefficient (Wildman–Crippen LogP) is 6.01. The number of thioether (sulfide) groups is 1. The highest BCUT2D eigenvalue weighted by Gasteiger charge is 2.34. The average molecular weight is 553 g/mol. The van der Waals surface area contributed by atoms with Crippen LogP contribution in [0.15, 0.2) is 29.3 Å². The summed E-state index contributed by atoms with van der Waals surface area (Å²) < 4.78 is 37.0. The van der Waals surface area contributed by atoms with Crippen LogP contribution in [0.3, 0.4) is 0 Å². The van der Waals surface area contributed by atoms with Gasteiger partial charge in [-0.2, -0.15) is 10.1 Å². The molecule has 0 bridgehead atoms. The predicted molar refractivity (Wildman–Crippen MR) is 147 cm³/mol. The number of hydrogen-bond donors (Lipinski definition) is 2. The van der Waals surface area contributed by atoms with Crippen LogP contribution in [0.25, 0.3) is 11.4 Å². The van der Waals surface area contributed by atoms with Crippen molar-refractivity contribution in [1.82, 2.24) is 29.7 Å². The van der Waals surface area contributed by atoms with Crippen LogP contribution in [0.5, 0.6) is 0 Å². The SMILES string of the molecule is COCc1nc(-c2nc(N(C)c3cc(F)c(SC)cc3F)nc(Nc3cc(C4CC4)[nH]n3)c2C2CC2)cn1C. The molecule has 2 aliphatic rings. The smallest absolute Gasteiger partial charge is 0.232 e. The lowest BCUT2D eigenvalue weighted by Gasteiger charge is -2.22. The zero-order valence-corrected chi connectivity index (χ0v) is 23.1. The molecule has 2 aliphatic carbocycles. The van der Waals surface area contributed by atoms with Crippen molar-refractivity contribution in [3.8, 4) is 11.4 Å². The molecule has 4 aromatic rings. The molecule has 0 unspecified atom stereocenters. The molecule has 0 radical (unpaired) electrons. The molecular formula is C27H30F2N8OS. The number of nitrogens with zero attached hydrogens (tertiary/aromatic N) is 6. The van der Waals surface area contributed by atoms with Crippen LogP contribution in [0.2, 0.25) is 0 Å². The van der Waals surface area contributed by atoms with Gasteiger partial charge in [-0.15, -0.1) is 11.8 Å². The van der Waals surface area contributed by atoms with Crippen molar-refractivity contribution in [1.29, 1.82) is 0 Å². The molecule has 2 saturated carbocycles. The molecule has 1 aromatic carbocycles. The molecule has 0 spiro atoms. The van der Waals surface area contributed by atoms with Crippen molar-refractivity contribution >= 4 is 35.0 Å². The van der Waals surface area contributed by atoms with E-state index in [1.54, 1.807) is 20.4 Å². The molecule has 3 heterocycles. The van der Waals surface area contributed by atoms with Crippen molar-refractivity contribution in [2.45, 2.75) is 49.0 Å². The number of rotatable bonds is 10. The van der Waals surface area contributed by atoms with Crippen molar-refractivity contribution in [2.75, 3.05) is 30.6 Å². The van der Waals surface area contributed by atoms with Crippen LogP contribution >= 0.6 is 11.8 Å². The molecule has 9 nitrogen and oxygen atoms in total. The Bertz CT molecular complexity index is 1530. The second-order valence-electron chi connectivity index (χ2n) is 10.1. The van der Waals surface area contributed by atoms with Crippen LogP contribution in [-0.4, -0.2) is 50.1 Å². The molecule has 6 rings (SSSR count). The van der Waals surface area contributed by atoms with Crippen molar-refractivity contribution in [3.63, 3.8) is 0 Å². The maximum atomic E-state index is 15.1. The summed E-state index contributed by atoms with van der Waals surface area (Å²) in [6.45, 7) is 0.349. The molecule has 2 N–H and O–H groups in total. The Balaban J connectivity index is 1.48. The number of benzene rings is 1. The fourth-order valence-electron chi connectivity index (χ4n) is 4.70. The van der Waals surface area contributed by atoms with E-state index in [2.05, 4.69) is 15.5 Å². The van der Waals surface area contributed by atoms with Gasteiger partial charge in [0.2, 0.25) is 5.95 Å². The van der Waals surface area contributed by atoms with Gasteiger partial charge in [-0.05, 0) is 43.9 Å². The van der Waals surface area contributed by atoms with Crippen molar-refractivity contribution in [2.24, 2.45) is 7.05 Å². The maximum Gasteiger partial charge on any atom is 0.232 e. The molecule has 0 saturated heterocycles. The third kappa shape index (κ3) is 5.10. The first-order chi connectivity index (χ1) is 18.9. The number of anilines is 4. The number of aromatic amines is 1. The number of ether oxygens (including phenoxy) is 1. The third-order valence-electron chi connectivity index (χ3n) is 7.15. The zero-order valence-electron chi connectivity index (χ0n) is 22.3. The van der Waals surface area contributed by atoms with E-state index < -0.39 is 11.6 Å². The zero-order chi connectivity index (χ0) is 27.3. The molecule has 0 atom stereocenters. The van der Waals surface area contributed by atoms with E-state index in [1.807, 2.05) is 23.9 Å². The first kappa shape index (κ1) is 25.8. The summed E-state index contributed by atoms with van der Waals surface area (Å²) in [6, 6.07) is 4.38. The number of H-pyrrole nitrogens is 1. The van der Waals surface area contributed by atoms with Crippen LogP contribution in [-0.2, 0) is 18.4 Å². The van der Waals surface area contributed by atoms with Gasteiger partial charge < -0.3 is 19.5 Å². The molecule has 2 fully saturated rings. The van der Waals surface area contributed by atoms with Gasteiger partial charge in [0, 0.05) is 61.6 Å². The van der Waals surface area contributed by atoms with Gasteiger partial charge in [0.1, 0.15) is 41.3 Å². The third-order valence-corrected chi connectivity index (χ3v) is 7.90. The Labute approximate surface area is 229 Å². The number of aromatic nitrogens is 6. The molecular weight excluding hydrogens is 522 g/mol. The van der Waals surface area contributed by atoms with E-state index in [-0.39, 0.29) is 22.4 Å². The minimum atomic E-state index is -0.559. The first-order valence-corrected chi connectivity index (χ1v) is 14.1. The Morgan fingerprint density at radius 2 is 1.87 bits per heavy atom. The number of methoxy groups -OCH3 is 1. The van der Waals surface area contributed by atoms with Gasteiger partial charge in [-0.1, -0.05) is 0 Å². The average Bonchev–Trinajstić information content (AvgIpc) is 3.86. The summed E-state index contributed by atoms with van der Waals surface area (Å²) >= 11 is 1.15. The number of nitrogens with one attached hydrogen (secondary N) is 2. The van der Waals surface area contributed by atoms with Crippen molar-refractivity contribution < 1.29 is 13.5 Å². The summed E-state index contributed by atoms with van der Waals surface area (Å²) in [6.07, 6.45) is 7.93. The van der Waals surface area contributed by atoms with E-state index in [1.165, 1.54) is 17.0 Å². The molecule has 204 valence electrons. The normalized spacial score (nSPS) is 15.1. The van der Waals surface area contributed by atoms with E-state index in [0.717, 1.165) is 54.5 Å². The highest BCUT2D eigenvalue weighted by atomic mass is 32.2. The van der Waals surface area contributed by atoms with Crippen LogP contribution in [0.1, 0.15) is 54.6 Å². The minimum Gasteiger partial charge on any atom is -0.377 e. The fraction of sp³-hybridized carbons (Fsp3) is 0.407. The molecule has 0 amide bonds. The number of hydrogen-bond acceptors (Lipinski definition) is 8. The van der Waals surface area contributed by atoms with E-state index in [0.29, 0.717) is 35.5 Å². The lowest BCUT2D eigenvalue weighted by atomic mass is 10.1. The van der Waals surface area contributed by atoms with Crippen LogP contribution < -0.4 is 10.2 Å². The quantitative estimate of drug-likeness (QED) is 0.231. The molecule has 3 aromatic heterocycles. The topological polar surface area (TPSA) is 96.8 Å². The van der Waals surface area contributed by atoms with E-state index in [4.69, 9.17) is 19.7 Å². The standard InChI is InChI=1S/C27H30F2N8OS/c1-36-12-19(30-23(36)13-38-3)25-24(15-7-8-15)26(31-22-11-18(34-35-22)14-5-6-14)33-27(32-25)37(2)20-9-17(29)21(39-4)10-16(20)28/h9-12,14-15H,5-8,13H2,1-4H3,(H2,31,32,33,34,35). The monoisotopic (exact) mass is 552 g/mol.